The van der Waals surface area contributed by atoms with Crippen molar-refractivity contribution in [2.75, 3.05) is 13.1 Å². The second-order valence-corrected chi connectivity index (χ2v) is 6.95. The van der Waals surface area contributed by atoms with Crippen LogP contribution in [0.1, 0.15) is 26.3 Å². The third-order valence-corrected chi connectivity index (χ3v) is 4.36. The van der Waals surface area contributed by atoms with E-state index in [1.54, 1.807) is 12.1 Å². The normalized spacial score (nSPS) is 12.1. The average Bonchev–Trinajstić information content (AvgIpc) is 2.35. The van der Waals surface area contributed by atoms with Gasteiger partial charge in [-0.1, -0.05) is 32.4 Å². The van der Waals surface area contributed by atoms with E-state index in [0.29, 0.717) is 18.1 Å². The molecule has 0 heterocycles. The summed E-state index contributed by atoms with van der Waals surface area (Å²) in [5.41, 5.74) is 0.788. The molecule has 0 aliphatic carbocycles. The first-order valence-electron chi connectivity index (χ1n) is 6.35. The summed E-state index contributed by atoms with van der Waals surface area (Å²) in [6, 6.07) is 4.77. The number of rotatable bonds is 7. The zero-order chi connectivity index (χ0) is 14.5. The van der Waals surface area contributed by atoms with E-state index in [0.717, 1.165) is 12.1 Å². The Balaban J connectivity index is 2.94. The number of benzene rings is 1. The average molecular weight is 305 g/mol. The molecule has 0 atom stereocenters. The maximum absolute atomic E-state index is 12.1. The maximum atomic E-state index is 12.1. The Kier molecular flexibility index (Phi) is 6.26. The zero-order valence-electron chi connectivity index (χ0n) is 11.5. The summed E-state index contributed by atoms with van der Waals surface area (Å²) in [5, 5.41) is 3.71. The minimum absolute atomic E-state index is 0.255. The van der Waals surface area contributed by atoms with Crippen LogP contribution in [-0.2, 0) is 16.6 Å². The minimum Gasteiger partial charge on any atom is -0.313 e. The smallest absolute Gasteiger partial charge is 0.240 e. The van der Waals surface area contributed by atoms with E-state index in [9.17, 15) is 8.42 Å². The molecule has 0 amide bonds. The van der Waals surface area contributed by atoms with Gasteiger partial charge in [0, 0.05) is 18.1 Å². The number of hydrogen-bond donors (Lipinski definition) is 2. The zero-order valence-corrected chi connectivity index (χ0v) is 13.1. The van der Waals surface area contributed by atoms with Crippen molar-refractivity contribution in [2.45, 2.75) is 32.2 Å². The molecule has 0 saturated carbocycles. The lowest BCUT2D eigenvalue weighted by Gasteiger charge is -2.11. The largest absolute Gasteiger partial charge is 0.313 e. The van der Waals surface area contributed by atoms with E-state index in [-0.39, 0.29) is 10.8 Å². The third kappa shape index (κ3) is 5.10. The highest BCUT2D eigenvalue weighted by Crippen LogP contribution is 2.20. The Morgan fingerprint density at radius 1 is 1.32 bits per heavy atom. The van der Waals surface area contributed by atoms with Crippen molar-refractivity contribution in [3.05, 3.63) is 28.8 Å². The summed E-state index contributed by atoms with van der Waals surface area (Å²) in [6.45, 7) is 7.69. The summed E-state index contributed by atoms with van der Waals surface area (Å²) in [7, 11) is -3.46. The van der Waals surface area contributed by atoms with Gasteiger partial charge in [-0.15, -0.1) is 0 Å². The van der Waals surface area contributed by atoms with Crippen molar-refractivity contribution in [3.63, 3.8) is 0 Å². The lowest BCUT2D eigenvalue weighted by molar-refractivity contribution is 0.560. The maximum Gasteiger partial charge on any atom is 0.240 e. The van der Waals surface area contributed by atoms with Gasteiger partial charge in [0.15, 0.2) is 0 Å². The van der Waals surface area contributed by atoms with Crippen LogP contribution in [0.2, 0.25) is 5.02 Å². The van der Waals surface area contributed by atoms with Crippen LogP contribution in [0.3, 0.4) is 0 Å². The van der Waals surface area contributed by atoms with Gasteiger partial charge in [-0.25, -0.2) is 13.1 Å². The molecule has 108 valence electrons. The van der Waals surface area contributed by atoms with Crippen molar-refractivity contribution in [1.82, 2.24) is 10.0 Å². The fraction of sp³-hybridized carbons (Fsp3) is 0.538. The van der Waals surface area contributed by atoms with E-state index in [1.807, 2.05) is 20.8 Å². The first-order chi connectivity index (χ1) is 8.86. The standard InChI is InChI=1S/C13H21ClN2O2S/c1-4-15-9-11-7-12(5-6-13(11)14)19(17,18)16-8-10(2)3/h5-7,10,15-16H,4,8-9H2,1-3H3. The molecule has 1 aromatic rings. The molecule has 0 aliphatic heterocycles. The van der Waals surface area contributed by atoms with Gasteiger partial charge in [0.25, 0.3) is 0 Å². The molecule has 0 saturated heterocycles. The Labute approximate surface area is 120 Å². The summed E-state index contributed by atoms with van der Waals surface area (Å²) in [4.78, 5) is 0.255. The molecular formula is C13H21ClN2O2S. The van der Waals surface area contributed by atoms with E-state index in [2.05, 4.69) is 10.0 Å². The number of nitrogens with one attached hydrogen (secondary N) is 2. The van der Waals surface area contributed by atoms with Gasteiger partial charge >= 0.3 is 0 Å². The molecule has 1 aromatic carbocycles. The predicted molar refractivity (Wildman–Crippen MR) is 78.9 cm³/mol. The molecule has 0 aliphatic rings. The summed E-state index contributed by atoms with van der Waals surface area (Å²) < 4.78 is 26.8. The fourth-order valence-corrected chi connectivity index (χ4v) is 2.92. The SMILES string of the molecule is CCNCc1cc(S(=O)(=O)NCC(C)C)ccc1Cl. The molecule has 0 spiro atoms. The summed E-state index contributed by atoms with van der Waals surface area (Å²) >= 11 is 6.05. The second-order valence-electron chi connectivity index (χ2n) is 4.78. The van der Waals surface area contributed by atoms with Gasteiger partial charge in [0.1, 0.15) is 0 Å². The molecule has 6 heteroatoms. The minimum atomic E-state index is -3.46. The highest BCUT2D eigenvalue weighted by atomic mass is 35.5. The number of hydrogen-bond acceptors (Lipinski definition) is 3. The van der Waals surface area contributed by atoms with Crippen LogP contribution in [-0.4, -0.2) is 21.5 Å². The second kappa shape index (κ2) is 7.24. The van der Waals surface area contributed by atoms with Crippen molar-refractivity contribution in [1.29, 1.82) is 0 Å². The van der Waals surface area contributed by atoms with Crippen LogP contribution in [0.25, 0.3) is 0 Å². The Bertz CT molecular complexity index is 515. The Morgan fingerprint density at radius 3 is 2.58 bits per heavy atom. The molecule has 0 aromatic heterocycles. The molecular weight excluding hydrogens is 284 g/mol. The molecule has 0 bridgehead atoms. The van der Waals surface area contributed by atoms with Crippen molar-refractivity contribution in [2.24, 2.45) is 5.92 Å². The molecule has 0 fully saturated rings. The Morgan fingerprint density at radius 2 is 2.00 bits per heavy atom. The molecule has 0 radical (unpaired) electrons. The van der Waals surface area contributed by atoms with Gasteiger partial charge in [-0.05, 0) is 36.2 Å². The highest BCUT2D eigenvalue weighted by Gasteiger charge is 2.15. The van der Waals surface area contributed by atoms with Crippen LogP contribution in [0, 0.1) is 5.92 Å². The molecule has 4 nitrogen and oxygen atoms in total. The lowest BCUT2D eigenvalue weighted by atomic mass is 10.2. The quantitative estimate of drug-likeness (QED) is 0.813. The van der Waals surface area contributed by atoms with Crippen molar-refractivity contribution < 1.29 is 8.42 Å². The van der Waals surface area contributed by atoms with E-state index in [1.165, 1.54) is 6.07 Å². The van der Waals surface area contributed by atoms with Crippen LogP contribution < -0.4 is 10.0 Å². The van der Waals surface area contributed by atoms with Gasteiger partial charge in [0.2, 0.25) is 10.0 Å². The first kappa shape index (κ1) is 16.4. The van der Waals surface area contributed by atoms with Crippen LogP contribution in [0.4, 0.5) is 0 Å². The Hall–Kier alpha value is -0.620. The molecule has 1 rings (SSSR count). The van der Waals surface area contributed by atoms with Crippen LogP contribution >= 0.6 is 11.6 Å². The van der Waals surface area contributed by atoms with Crippen LogP contribution in [0.15, 0.2) is 23.1 Å². The number of sulfonamides is 1. The van der Waals surface area contributed by atoms with Gasteiger partial charge in [-0.3, -0.25) is 0 Å². The number of halogens is 1. The van der Waals surface area contributed by atoms with Crippen LogP contribution in [0.5, 0.6) is 0 Å². The van der Waals surface area contributed by atoms with E-state index < -0.39 is 10.0 Å². The summed E-state index contributed by atoms with van der Waals surface area (Å²) in [6.07, 6.45) is 0. The first-order valence-corrected chi connectivity index (χ1v) is 8.21. The fourth-order valence-electron chi connectivity index (χ4n) is 1.47. The van der Waals surface area contributed by atoms with Gasteiger partial charge < -0.3 is 5.32 Å². The topological polar surface area (TPSA) is 58.2 Å². The van der Waals surface area contributed by atoms with Crippen molar-refractivity contribution >= 4 is 21.6 Å². The van der Waals surface area contributed by atoms with E-state index in [4.69, 9.17) is 11.6 Å². The van der Waals surface area contributed by atoms with Gasteiger partial charge in [0.05, 0.1) is 4.90 Å². The molecule has 2 N–H and O–H groups in total. The highest BCUT2D eigenvalue weighted by molar-refractivity contribution is 7.89. The monoisotopic (exact) mass is 304 g/mol. The lowest BCUT2D eigenvalue weighted by Crippen LogP contribution is -2.27. The third-order valence-electron chi connectivity index (χ3n) is 2.57. The molecule has 0 unspecified atom stereocenters. The van der Waals surface area contributed by atoms with E-state index >= 15 is 0 Å². The van der Waals surface area contributed by atoms with Crippen molar-refractivity contribution in [3.8, 4) is 0 Å². The molecule has 19 heavy (non-hydrogen) atoms. The predicted octanol–water partition coefficient (Wildman–Crippen LogP) is 2.38. The summed E-state index contributed by atoms with van der Waals surface area (Å²) in [5.74, 6) is 0.267. The van der Waals surface area contributed by atoms with Gasteiger partial charge in [-0.2, -0.15) is 0 Å².